The molecule has 2 unspecified atom stereocenters. The lowest BCUT2D eigenvalue weighted by Crippen LogP contribution is -1.94. The molecule has 2 N–H and O–H groups in total. The molecule has 13 heavy (non-hydrogen) atoms. The van der Waals surface area contributed by atoms with E-state index in [1.54, 1.807) is 0 Å². The van der Waals surface area contributed by atoms with E-state index in [1.165, 1.54) is 5.56 Å². The number of benzene rings is 1. The molecule has 70 valence electrons. The smallest absolute Gasteiger partial charge is 0.0684 e. The van der Waals surface area contributed by atoms with Crippen molar-refractivity contribution in [1.29, 1.82) is 0 Å². The molecule has 0 spiro atoms. The van der Waals surface area contributed by atoms with Crippen molar-refractivity contribution < 1.29 is 10.2 Å². The molecule has 1 fully saturated rings. The van der Waals surface area contributed by atoms with Crippen LogP contribution in [0.3, 0.4) is 0 Å². The molecular formula is C11H14O2. The second-order valence-corrected chi connectivity index (χ2v) is 3.64. The minimum Gasteiger partial charge on any atom is -0.396 e. The van der Waals surface area contributed by atoms with Crippen LogP contribution in [0, 0.1) is 5.92 Å². The van der Waals surface area contributed by atoms with Gasteiger partial charge in [0.2, 0.25) is 0 Å². The van der Waals surface area contributed by atoms with Crippen LogP contribution < -0.4 is 0 Å². The van der Waals surface area contributed by atoms with Crippen molar-refractivity contribution >= 4 is 0 Å². The Morgan fingerprint density at radius 1 is 1.23 bits per heavy atom. The third-order valence-corrected chi connectivity index (χ3v) is 2.78. The van der Waals surface area contributed by atoms with E-state index >= 15 is 0 Å². The van der Waals surface area contributed by atoms with Gasteiger partial charge in [0.1, 0.15) is 0 Å². The predicted molar refractivity (Wildman–Crippen MR) is 50.3 cm³/mol. The van der Waals surface area contributed by atoms with Gasteiger partial charge in [-0.1, -0.05) is 24.3 Å². The fraction of sp³-hybridized carbons (Fsp3) is 0.455. The molecule has 2 heteroatoms. The van der Waals surface area contributed by atoms with Gasteiger partial charge in [0.25, 0.3) is 0 Å². The highest BCUT2D eigenvalue weighted by molar-refractivity contribution is 5.34. The Morgan fingerprint density at radius 2 is 2.00 bits per heavy atom. The summed E-state index contributed by atoms with van der Waals surface area (Å²) in [6, 6.07) is 7.92. The summed E-state index contributed by atoms with van der Waals surface area (Å²) in [6.45, 7) is 0.370. The molecule has 1 saturated carbocycles. The average molecular weight is 178 g/mol. The summed E-state index contributed by atoms with van der Waals surface area (Å²) >= 11 is 0. The summed E-state index contributed by atoms with van der Waals surface area (Å²) in [5, 5.41) is 18.0. The maximum Gasteiger partial charge on any atom is 0.0684 e. The standard InChI is InChI=1S/C11H14O2/c12-6-8-3-1-2-4-10(8)11-5-9(11)7-13/h1-4,9,11-13H,5-7H2. The molecule has 0 heterocycles. The van der Waals surface area contributed by atoms with Gasteiger partial charge in [-0.25, -0.2) is 0 Å². The highest BCUT2D eigenvalue weighted by Crippen LogP contribution is 2.47. The average Bonchev–Trinajstić information content (AvgIpc) is 2.96. The lowest BCUT2D eigenvalue weighted by atomic mass is 10.0. The zero-order chi connectivity index (χ0) is 9.26. The quantitative estimate of drug-likeness (QED) is 0.732. The fourth-order valence-corrected chi connectivity index (χ4v) is 1.87. The van der Waals surface area contributed by atoms with Gasteiger partial charge in [0.15, 0.2) is 0 Å². The summed E-state index contributed by atoms with van der Waals surface area (Å²) in [6.07, 6.45) is 1.06. The molecule has 0 amide bonds. The van der Waals surface area contributed by atoms with E-state index in [1.807, 2.05) is 24.3 Å². The Hall–Kier alpha value is -0.860. The second kappa shape index (κ2) is 3.48. The topological polar surface area (TPSA) is 40.5 Å². The van der Waals surface area contributed by atoms with Crippen LogP contribution in [0.4, 0.5) is 0 Å². The van der Waals surface area contributed by atoms with Gasteiger partial charge in [0, 0.05) is 6.61 Å². The van der Waals surface area contributed by atoms with Gasteiger partial charge in [-0.2, -0.15) is 0 Å². The van der Waals surface area contributed by atoms with Gasteiger partial charge in [-0.05, 0) is 29.4 Å². The molecule has 0 bridgehead atoms. The zero-order valence-corrected chi connectivity index (χ0v) is 7.48. The monoisotopic (exact) mass is 178 g/mol. The molecular weight excluding hydrogens is 164 g/mol. The van der Waals surface area contributed by atoms with Crippen LogP contribution in [-0.4, -0.2) is 16.8 Å². The first kappa shape index (κ1) is 8.73. The Kier molecular flexibility index (Phi) is 2.34. The third-order valence-electron chi connectivity index (χ3n) is 2.78. The van der Waals surface area contributed by atoms with E-state index < -0.39 is 0 Å². The minimum absolute atomic E-state index is 0.102. The third kappa shape index (κ3) is 1.60. The molecule has 1 aliphatic rings. The summed E-state index contributed by atoms with van der Waals surface area (Å²) in [7, 11) is 0. The Balaban J connectivity index is 2.20. The highest BCUT2D eigenvalue weighted by atomic mass is 16.3. The molecule has 2 atom stereocenters. The first-order valence-corrected chi connectivity index (χ1v) is 4.66. The van der Waals surface area contributed by atoms with E-state index in [-0.39, 0.29) is 13.2 Å². The second-order valence-electron chi connectivity index (χ2n) is 3.64. The number of aliphatic hydroxyl groups is 2. The van der Waals surface area contributed by atoms with Crippen molar-refractivity contribution in [2.24, 2.45) is 5.92 Å². The largest absolute Gasteiger partial charge is 0.396 e. The zero-order valence-electron chi connectivity index (χ0n) is 7.48. The van der Waals surface area contributed by atoms with Crippen molar-refractivity contribution in [1.82, 2.24) is 0 Å². The molecule has 2 rings (SSSR count). The van der Waals surface area contributed by atoms with E-state index in [2.05, 4.69) is 0 Å². The van der Waals surface area contributed by atoms with Crippen LogP contribution in [0.25, 0.3) is 0 Å². The van der Waals surface area contributed by atoms with Crippen molar-refractivity contribution in [3.63, 3.8) is 0 Å². The number of aliphatic hydroxyl groups excluding tert-OH is 2. The van der Waals surface area contributed by atoms with Crippen molar-refractivity contribution in [2.75, 3.05) is 6.61 Å². The van der Waals surface area contributed by atoms with Crippen molar-refractivity contribution in [3.05, 3.63) is 35.4 Å². The lowest BCUT2D eigenvalue weighted by Gasteiger charge is -2.05. The fourth-order valence-electron chi connectivity index (χ4n) is 1.87. The van der Waals surface area contributed by atoms with Gasteiger partial charge in [-0.15, -0.1) is 0 Å². The van der Waals surface area contributed by atoms with E-state index in [0.717, 1.165) is 12.0 Å². The summed E-state index contributed by atoms with van der Waals surface area (Å²) < 4.78 is 0. The molecule has 0 aromatic heterocycles. The molecule has 1 aromatic carbocycles. The van der Waals surface area contributed by atoms with Crippen molar-refractivity contribution in [3.8, 4) is 0 Å². The number of hydrogen-bond donors (Lipinski definition) is 2. The molecule has 1 aliphatic carbocycles. The predicted octanol–water partition coefficient (Wildman–Crippen LogP) is 1.27. The molecule has 1 aromatic rings. The Bertz CT molecular complexity index is 296. The maximum absolute atomic E-state index is 9.09. The van der Waals surface area contributed by atoms with Crippen molar-refractivity contribution in [2.45, 2.75) is 18.9 Å². The van der Waals surface area contributed by atoms with Gasteiger partial charge < -0.3 is 10.2 Å². The SMILES string of the molecule is OCc1ccccc1C1CC1CO. The Labute approximate surface area is 77.8 Å². The van der Waals surface area contributed by atoms with Crippen LogP contribution in [0.15, 0.2) is 24.3 Å². The molecule has 0 saturated heterocycles. The van der Waals surface area contributed by atoms with Crippen LogP contribution in [0.5, 0.6) is 0 Å². The summed E-state index contributed by atoms with van der Waals surface area (Å²) in [5.74, 6) is 0.904. The van der Waals surface area contributed by atoms with Crippen LogP contribution in [-0.2, 0) is 6.61 Å². The van der Waals surface area contributed by atoms with Gasteiger partial charge in [-0.3, -0.25) is 0 Å². The van der Waals surface area contributed by atoms with Crippen LogP contribution in [0.2, 0.25) is 0 Å². The summed E-state index contributed by atoms with van der Waals surface area (Å²) in [5.41, 5.74) is 2.22. The highest BCUT2D eigenvalue weighted by Gasteiger charge is 2.38. The normalized spacial score (nSPS) is 26.0. The lowest BCUT2D eigenvalue weighted by molar-refractivity contribution is 0.271. The Morgan fingerprint density at radius 3 is 2.62 bits per heavy atom. The maximum atomic E-state index is 9.09. The van der Waals surface area contributed by atoms with E-state index in [0.29, 0.717) is 11.8 Å². The van der Waals surface area contributed by atoms with Crippen LogP contribution >= 0.6 is 0 Å². The summed E-state index contributed by atoms with van der Waals surface area (Å²) in [4.78, 5) is 0. The van der Waals surface area contributed by atoms with E-state index in [4.69, 9.17) is 10.2 Å². The number of rotatable bonds is 3. The van der Waals surface area contributed by atoms with Gasteiger partial charge >= 0.3 is 0 Å². The first-order chi connectivity index (χ1) is 6.36. The van der Waals surface area contributed by atoms with E-state index in [9.17, 15) is 0 Å². The molecule has 2 nitrogen and oxygen atoms in total. The van der Waals surface area contributed by atoms with Crippen LogP contribution in [0.1, 0.15) is 23.5 Å². The number of hydrogen-bond acceptors (Lipinski definition) is 2. The first-order valence-electron chi connectivity index (χ1n) is 4.66. The minimum atomic E-state index is 0.102. The molecule has 0 radical (unpaired) electrons. The molecule has 0 aliphatic heterocycles. The van der Waals surface area contributed by atoms with Gasteiger partial charge in [0.05, 0.1) is 6.61 Å².